The Morgan fingerprint density at radius 1 is 0.333 bits per heavy atom. The highest BCUT2D eigenvalue weighted by Crippen LogP contribution is 2.48. The highest BCUT2D eigenvalue weighted by Gasteiger charge is 2.21. The van der Waals surface area contributed by atoms with E-state index in [1.54, 1.807) is 36.4 Å². The summed E-state index contributed by atoms with van der Waals surface area (Å²) >= 11 is 0. The number of furan rings is 1. The molecule has 10 aromatic rings. The van der Waals surface area contributed by atoms with E-state index in [2.05, 4.69) is 0 Å². The summed E-state index contributed by atoms with van der Waals surface area (Å²) in [4.78, 5) is 0. The van der Waals surface area contributed by atoms with Crippen molar-refractivity contribution >= 4 is 43.5 Å². The Bertz CT molecular complexity index is 3440. The van der Waals surface area contributed by atoms with Crippen molar-refractivity contribution < 1.29 is 19.5 Å². The minimum atomic E-state index is -0.446. The Balaban J connectivity index is 1.26. The Hall–Kier alpha value is -6.70. The second kappa shape index (κ2) is 12.0. The number of hydrogen-bond donors (Lipinski definition) is 0. The van der Waals surface area contributed by atoms with E-state index in [1.165, 1.54) is 0 Å². The van der Waals surface area contributed by atoms with E-state index < -0.39 is 18.1 Å². The molecule has 10 rings (SSSR count). The quantitative estimate of drug-likeness (QED) is 0.168. The Kier molecular flexibility index (Phi) is 4.73. The van der Waals surface area contributed by atoms with Crippen molar-refractivity contribution in [3.05, 3.63) is 194 Å². The standard InChI is InChI=1S/C50H32O/c1-3-14-33(15-4-1)35-26-28-36(29-27-35)38-18-7-8-19-39(38)48-40-20-9-11-22-42(40)49(43-23-12-10-21-41(43)48)44-24-13-25-47-50(44)45-32-37(30-31-46(45)51-47)34-16-5-2-6-17-34/h1-32H/i1D,3D,4D,13D,14D,15D,24D,25D,30D,31D,32D. The largest absolute Gasteiger partial charge is 0.456 e. The SMILES string of the molecule is [2H]c1c([2H])c([2H])c(-c2ccc(-c3ccccc3-c3c4ccccc4c(-c4c([2H])c([2H])c([2H])c5oc6c([2H])c([2H])c(-c7ccccc7)c([2H])c6c45)c4ccccc34)cc2)c([2H])c1[2H]. The average Bonchev–Trinajstić information content (AvgIpc) is 3.70. The maximum atomic E-state index is 9.58. The zero-order valence-electron chi connectivity index (χ0n) is 38.0. The van der Waals surface area contributed by atoms with E-state index in [1.807, 2.05) is 91.0 Å². The Morgan fingerprint density at radius 2 is 0.902 bits per heavy atom. The van der Waals surface area contributed by atoms with Gasteiger partial charge in [0.1, 0.15) is 11.2 Å². The van der Waals surface area contributed by atoms with Gasteiger partial charge >= 0.3 is 0 Å². The van der Waals surface area contributed by atoms with E-state index in [0.29, 0.717) is 22.3 Å². The van der Waals surface area contributed by atoms with Crippen molar-refractivity contribution in [1.82, 2.24) is 0 Å². The van der Waals surface area contributed by atoms with Gasteiger partial charge in [-0.1, -0.05) is 176 Å². The van der Waals surface area contributed by atoms with Crippen molar-refractivity contribution in [1.29, 1.82) is 0 Å². The first-order chi connectivity index (χ1) is 29.9. The number of rotatable bonds is 5. The van der Waals surface area contributed by atoms with Gasteiger partial charge in [0.2, 0.25) is 0 Å². The minimum Gasteiger partial charge on any atom is -0.456 e. The van der Waals surface area contributed by atoms with Gasteiger partial charge in [-0.25, -0.2) is 0 Å². The van der Waals surface area contributed by atoms with Crippen LogP contribution in [0.4, 0.5) is 0 Å². The molecule has 0 aliphatic carbocycles. The highest BCUT2D eigenvalue weighted by atomic mass is 16.3. The van der Waals surface area contributed by atoms with E-state index >= 15 is 0 Å². The molecule has 9 aromatic carbocycles. The fraction of sp³-hybridized carbons (Fsp3) is 0. The lowest BCUT2D eigenvalue weighted by atomic mass is 9.83. The van der Waals surface area contributed by atoms with Gasteiger partial charge in [0, 0.05) is 10.8 Å². The van der Waals surface area contributed by atoms with Crippen LogP contribution < -0.4 is 0 Å². The summed E-state index contributed by atoms with van der Waals surface area (Å²) < 4.78 is 103. The van der Waals surface area contributed by atoms with Crippen LogP contribution in [-0.2, 0) is 0 Å². The molecular weight excluding hydrogens is 617 g/mol. The van der Waals surface area contributed by atoms with Crippen molar-refractivity contribution in [3.63, 3.8) is 0 Å². The van der Waals surface area contributed by atoms with Gasteiger partial charge < -0.3 is 4.42 Å². The summed E-state index contributed by atoms with van der Waals surface area (Å²) in [5.41, 5.74) is 5.72. The Labute approximate surface area is 312 Å². The maximum Gasteiger partial charge on any atom is 0.136 e. The van der Waals surface area contributed by atoms with Crippen LogP contribution >= 0.6 is 0 Å². The molecule has 0 saturated heterocycles. The van der Waals surface area contributed by atoms with Crippen LogP contribution in [0.2, 0.25) is 0 Å². The molecule has 0 spiro atoms. The van der Waals surface area contributed by atoms with Crippen LogP contribution in [0.5, 0.6) is 0 Å². The molecule has 1 heterocycles. The fourth-order valence-corrected chi connectivity index (χ4v) is 7.24. The summed E-state index contributed by atoms with van der Waals surface area (Å²) in [5.74, 6) is 0. The van der Waals surface area contributed by atoms with Gasteiger partial charge in [-0.3, -0.25) is 0 Å². The van der Waals surface area contributed by atoms with Crippen molar-refractivity contribution in [2.45, 2.75) is 0 Å². The van der Waals surface area contributed by atoms with Crippen LogP contribution in [0.25, 0.3) is 99.1 Å². The third-order valence-electron chi connectivity index (χ3n) is 9.50. The van der Waals surface area contributed by atoms with Gasteiger partial charge in [0.25, 0.3) is 0 Å². The molecule has 0 N–H and O–H groups in total. The van der Waals surface area contributed by atoms with E-state index in [9.17, 15) is 2.74 Å². The molecule has 0 radical (unpaired) electrons. The molecule has 1 nitrogen and oxygen atoms in total. The predicted octanol–water partition coefficient (Wildman–Crippen LogP) is 14.2. The summed E-state index contributed by atoms with van der Waals surface area (Å²) in [7, 11) is 0. The number of hydrogen-bond acceptors (Lipinski definition) is 1. The molecule has 0 amide bonds. The van der Waals surface area contributed by atoms with Crippen LogP contribution in [-0.4, -0.2) is 0 Å². The van der Waals surface area contributed by atoms with E-state index in [0.717, 1.165) is 43.8 Å². The molecule has 0 saturated carbocycles. The monoisotopic (exact) mass is 659 g/mol. The number of fused-ring (bicyclic) bond motifs is 5. The molecule has 238 valence electrons. The average molecular weight is 660 g/mol. The van der Waals surface area contributed by atoms with Gasteiger partial charge in [0.05, 0.1) is 15.1 Å². The first kappa shape index (κ1) is 20.1. The summed E-state index contributed by atoms with van der Waals surface area (Å²) in [5, 5.41) is 3.61. The smallest absolute Gasteiger partial charge is 0.136 e. The van der Waals surface area contributed by atoms with Crippen molar-refractivity contribution in [2.24, 2.45) is 0 Å². The molecule has 1 heteroatoms. The van der Waals surface area contributed by atoms with Crippen LogP contribution in [0.3, 0.4) is 0 Å². The lowest BCUT2D eigenvalue weighted by Gasteiger charge is -2.20. The summed E-state index contributed by atoms with van der Waals surface area (Å²) in [6.45, 7) is 0. The zero-order valence-corrected chi connectivity index (χ0v) is 27.0. The lowest BCUT2D eigenvalue weighted by molar-refractivity contribution is 0.669. The molecule has 0 fully saturated rings. The maximum absolute atomic E-state index is 9.58. The van der Waals surface area contributed by atoms with Crippen LogP contribution in [0.1, 0.15) is 15.1 Å². The van der Waals surface area contributed by atoms with Crippen molar-refractivity contribution in [3.8, 4) is 55.6 Å². The summed E-state index contributed by atoms with van der Waals surface area (Å²) in [6.07, 6.45) is 0. The second-order valence-corrected chi connectivity index (χ2v) is 12.3. The molecule has 51 heavy (non-hydrogen) atoms. The third-order valence-corrected chi connectivity index (χ3v) is 9.50. The number of benzene rings is 9. The molecule has 0 aliphatic rings. The predicted molar refractivity (Wildman–Crippen MR) is 216 cm³/mol. The Morgan fingerprint density at radius 3 is 1.59 bits per heavy atom. The minimum absolute atomic E-state index is 0.0303. The van der Waals surface area contributed by atoms with Crippen LogP contribution in [0.15, 0.2) is 198 Å². The van der Waals surface area contributed by atoms with Gasteiger partial charge in [0.15, 0.2) is 0 Å². The fourth-order valence-electron chi connectivity index (χ4n) is 7.24. The molecule has 0 unspecified atom stereocenters. The molecule has 0 bridgehead atoms. The lowest BCUT2D eigenvalue weighted by Crippen LogP contribution is -1.93. The summed E-state index contributed by atoms with van der Waals surface area (Å²) in [6, 6.07) is 36.6. The molecule has 1 aromatic heterocycles. The van der Waals surface area contributed by atoms with Gasteiger partial charge in [-0.05, 0) is 95.3 Å². The van der Waals surface area contributed by atoms with Crippen LogP contribution in [0, 0.1) is 0 Å². The normalized spacial score (nSPS) is 14.5. The highest BCUT2D eigenvalue weighted by molar-refractivity contribution is 6.26. The first-order valence-corrected chi connectivity index (χ1v) is 16.6. The van der Waals surface area contributed by atoms with Gasteiger partial charge in [-0.2, -0.15) is 0 Å². The molecular formula is C50H32O. The van der Waals surface area contributed by atoms with Gasteiger partial charge in [-0.15, -0.1) is 0 Å². The third kappa shape index (κ3) is 4.86. The molecule has 0 atom stereocenters. The van der Waals surface area contributed by atoms with Crippen molar-refractivity contribution in [2.75, 3.05) is 0 Å². The van der Waals surface area contributed by atoms with E-state index in [-0.39, 0.29) is 81.4 Å². The van der Waals surface area contributed by atoms with E-state index in [4.69, 9.17) is 16.8 Å². The zero-order chi connectivity index (χ0) is 43.3. The topological polar surface area (TPSA) is 13.1 Å². The first-order valence-electron chi connectivity index (χ1n) is 22.1. The molecule has 0 aliphatic heterocycles. The second-order valence-electron chi connectivity index (χ2n) is 12.3.